The van der Waals surface area contributed by atoms with Crippen LogP contribution in [0.15, 0.2) is 35.5 Å². The van der Waals surface area contributed by atoms with Crippen LogP contribution in [0.5, 0.6) is 0 Å². The number of rotatable bonds is 4. The van der Waals surface area contributed by atoms with Crippen molar-refractivity contribution < 1.29 is 23.9 Å². The number of allylic oxidation sites excluding steroid dienone is 6. The van der Waals surface area contributed by atoms with E-state index in [1.807, 2.05) is 25.2 Å². The molecule has 124 valence electrons. The van der Waals surface area contributed by atoms with Gasteiger partial charge in [0.2, 0.25) is 0 Å². The van der Waals surface area contributed by atoms with Crippen LogP contribution >= 0.6 is 0 Å². The van der Waals surface area contributed by atoms with Gasteiger partial charge in [-0.15, -0.1) is 0 Å². The number of carbonyl (C=O) groups is 3. The lowest BCUT2D eigenvalue weighted by atomic mass is 9.84. The molecule has 0 aliphatic heterocycles. The normalized spacial score (nSPS) is 25.9. The Bertz CT molecular complexity index is 581. The fourth-order valence-corrected chi connectivity index (χ4v) is 3.61. The molecule has 0 amide bonds. The highest BCUT2D eigenvalue weighted by atomic mass is 16.5. The first-order chi connectivity index (χ1) is 11.0. The molecule has 5 heteroatoms. The van der Waals surface area contributed by atoms with Crippen LogP contribution in [0, 0.1) is 17.3 Å². The lowest BCUT2D eigenvalue weighted by Crippen LogP contribution is -2.39. The summed E-state index contributed by atoms with van der Waals surface area (Å²) < 4.78 is 9.74. The van der Waals surface area contributed by atoms with Crippen molar-refractivity contribution >= 4 is 18.2 Å². The van der Waals surface area contributed by atoms with Gasteiger partial charge in [0, 0.05) is 0 Å². The van der Waals surface area contributed by atoms with Crippen LogP contribution in [0.1, 0.15) is 26.2 Å². The molecule has 0 heterocycles. The Morgan fingerprint density at radius 1 is 1.22 bits per heavy atom. The summed E-state index contributed by atoms with van der Waals surface area (Å²) in [6, 6.07) is 0. The van der Waals surface area contributed by atoms with Gasteiger partial charge in [-0.1, -0.05) is 29.4 Å². The summed E-state index contributed by atoms with van der Waals surface area (Å²) in [5.74, 6) is -0.904. The average molecular weight is 318 g/mol. The monoisotopic (exact) mass is 318 g/mol. The molecule has 1 fully saturated rings. The van der Waals surface area contributed by atoms with E-state index in [2.05, 4.69) is 0 Å². The number of fused-ring (bicyclic) bond motifs is 1. The van der Waals surface area contributed by atoms with Gasteiger partial charge in [0.05, 0.1) is 14.2 Å². The molecule has 1 saturated carbocycles. The third-order valence-electron chi connectivity index (χ3n) is 4.78. The summed E-state index contributed by atoms with van der Waals surface area (Å²) in [5, 5.41) is 0. The highest BCUT2D eigenvalue weighted by molar-refractivity contribution is 6.01. The van der Waals surface area contributed by atoms with E-state index in [4.69, 9.17) is 9.47 Å². The van der Waals surface area contributed by atoms with Crippen LogP contribution in [-0.2, 0) is 23.9 Å². The van der Waals surface area contributed by atoms with Crippen LogP contribution in [-0.4, -0.2) is 32.4 Å². The van der Waals surface area contributed by atoms with Gasteiger partial charge < -0.3 is 9.47 Å². The Morgan fingerprint density at radius 3 is 2.43 bits per heavy atom. The maximum Gasteiger partial charge on any atom is 0.323 e. The lowest BCUT2D eigenvalue weighted by Gasteiger charge is -2.22. The smallest absolute Gasteiger partial charge is 0.323 e. The van der Waals surface area contributed by atoms with Gasteiger partial charge in [-0.2, -0.15) is 0 Å². The van der Waals surface area contributed by atoms with Crippen molar-refractivity contribution in [2.45, 2.75) is 26.2 Å². The van der Waals surface area contributed by atoms with E-state index in [0.29, 0.717) is 12.8 Å². The predicted octanol–water partition coefficient (Wildman–Crippen LogP) is 2.38. The molecule has 2 aliphatic carbocycles. The van der Waals surface area contributed by atoms with Gasteiger partial charge in [-0.25, -0.2) is 0 Å². The van der Waals surface area contributed by atoms with Crippen molar-refractivity contribution in [1.29, 1.82) is 0 Å². The van der Waals surface area contributed by atoms with E-state index in [9.17, 15) is 14.4 Å². The molecule has 0 aromatic rings. The topological polar surface area (TPSA) is 69.7 Å². The summed E-state index contributed by atoms with van der Waals surface area (Å²) >= 11 is 0. The van der Waals surface area contributed by atoms with Crippen molar-refractivity contribution in [3.63, 3.8) is 0 Å². The van der Waals surface area contributed by atoms with Crippen LogP contribution in [0.2, 0.25) is 0 Å². The highest BCUT2D eigenvalue weighted by Crippen LogP contribution is 2.50. The van der Waals surface area contributed by atoms with Crippen molar-refractivity contribution in [1.82, 2.24) is 0 Å². The fourth-order valence-electron chi connectivity index (χ4n) is 3.61. The Kier molecular flexibility index (Phi) is 5.19. The molecule has 2 rings (SSSR count). The molecule has 2 aliphatic rings. The Labute approximate surface area is 136 Å². The summed E-state index contributed by atoms with van der Waals surface area (Å²) in [5.41, 5.74) is 0.995. The van der Waals surface area contributed by atoms with Gasteiger partial charge in [0.15, 0.2) is 5.41 Å². The fraction of sp³-hybridized carbons (Fsp3) is 0.500. The molecule has 23 heavy (non-hydrogen) atoms. The largest absolute Gasteiger partial charge is 0.468 e. The van der Waals surface area contributed by atoms with Crippen LogP contribution in [0.4, 0.5) is 0 Å². The second kappa shape index (κ2) is 6.94. The highest BCUT2D eigenvalue weighted by Gasteiger charge is 2.55. The van der Waals surface area contributed by atoms with Crippen molar-refractivity contribution in [2.75, 3.05) is 14.2 Å². The lowest BCUT2D eigenvalue weighted by molar-refractivity contribution is -0.168. The zero-order valence-electron chi connectivity index (χ0n) is 13.7. The minimum absolute atomic E-state index is 0.0165. The zero-order valence-corrected chi connectivity index (χ0v) is 13.7. The number of methoxy groups -OCH3 is 2. The van der Waals surface area contributed by atoms with Crippen molar-refractivity contribution in [3.8, 4) is 0 Å². The number of aldehydes is 1. The standard InChI is InChI=1S/C18H22O5/c1-12-9-13(5-4-8-19)6-7-14-10-18(11-15(12)14,16(20)22-2)17(21)23-3/h4-8,13-14H,9-11H2,1-3H3/b5-4+/t13-,14-/m0/s1. The quantitative estimate of drug-likeness (QED) is 0.262. The van der Waals surface area contributed by atoms with E-state index in [-0.39, 0.29) is 11.8 Å². The number of hydrogen-bond acceptors (Lipinski definition) is 5. The van der Waals surface area contributed by atoms with Crippen molar-refractivity contribution in [2.24, 2.45) is 17.3 Å². The average Bonchev–Trinajstić information content (AvgIpc) is 2.90. The molecule has 0 spiro atoms. The van der Waals surface area contributed by atoms with Gasteiger partial charge in [-0.05, 0) is 44.1 Å². The zero-order chi connectivity index (χ0) is 17.0. The third-order valence-corrected chi connectivity index (χ3v) is 4.78. The first-order valence-electron chi connectivity index (χ1n) is 7.64. The first-order valence-corrected chi connectivity index (χ1v) is 7.64. The molecule has 0 aromatic heterocycles. The molecular formula is C18H22O5. The summed E-state index contributed by atoms with van der Waals surface area (Å²) in [6.45, 7) is 2.02. The third kappa shape index (κ3) is 3.14. The van der Waals surface area contributed by atoms with Gasteiger partial charge in [-0.3, -0.25) is 14.4 Å². The second-order valence-electron chi connectivity index (χ2n) is 6.13. The molecule has 0 radical (unpaired) electrons. The van der Waals surface area contributed by atoms with Crippen LogP contribution in [0.3, 0.4) is 0 Å². The molecule has 2 atom stereocenters. The Morgan fingerprint density at radius 2 is 1.87 bits per heavy atom. The first kappa shape index (κ1) is 17.2. The molecule has 0 bridgehead atoms. The Hall–Kier alpha value is -2.17. The summed E-state index contributed by atoms with van der Waals surface area (Å²) in [7, 11) is 2.58. The van der Waals surface area contributed by atoms with Crippen molar-refractivity contribution in [3.05, 3.63) is 35.5 Å². The van der Waals surface area contributed by atoms with E-state index < -0.39 is 17.4 Å². The van der Waals surface area contributed by atoms with Crippen LogP contribution in [0.25, 0.3) is 0 Å². The van der Waals surface area contributed by atoms with E-state index in [1.165, 1.54) is 20.3 Å². The van der Waals surface area contributed by atoms with E-state index >= 15 is 0 Å². The number of carbonyl (C=O) groups excluding carboxylic acids is 3. The van der Waals surface area contributed by atoms with E-state index in [0.717, 1.165) is 23.9 Å². The van der Waals surface area contributed by atoms with E-state index in [1.54, 1.807) is 0 Å². The maximum absolute atomic E-state index is 12.3. The SMILES string of the molecule is COC(=O)C1(C(=O)OC)CC2=C(C)C[C@@H](/C=C/C=O)C=C[C@H]2C1. The number of ether oxygens (including phenoxy) is 2. The Balaban J connectivity index is 2.35. The molecular weight excluding hydrogens is 296 g/mol. The van der Waals surface area contributed by atoms with Gasteiger partial charge >= 0.3 is 11.9 Å². The number of hydrogen-bond donors (Lipinski definition) is 0. The maximum atomic E-state index is 12.3. The van der Waals surface area contributed by atoms with Gasteiger partial charge in [0.1, 0.15) is 6.29 Å². The second-order valence-corrected chi connectivity index (χ2v) is 6.13. The molecule has 0 aromatic carbocycles. The predicted molar refractivity (Wildman–Crippen MR) is 84.3 cm³/mol. The van der Waals surface area contributed by atoms with Gasteiger partial charge in [0.25, 0.3) is 0 Å². The summed E-state index contributed by atoms with van der Waals surface area (Å²) in [6.07, 6.45) is 9.65. The minimum Gasteiger partial charge on any atom is -0.468 e. The summed E-state index contributed by atoms with van der Waals surface area (Å²) in [4.78, 5) is 35.0. The number of esters is 2. The molecule has 0 saturated heterocycles. The van der Waals surface area contributed by atoms with Crippen LogP contribution < -0.4 is 0 Å². The molecule has 5 nitrogen and oxygen atoms in total. The molecule has 0 N–H and O–H groups in total. The molecule has 0 unspecified atom stereocenters. The minimum atomic E-state index is -1.25.